The van der Waals surface area contributed by atoms with Crippen molar-refractivity contribution in [2.45, 2.75) is 12.1 Å². The fourth-order valence-electron chi connectivity index (χ4n) is 3.47. The van der Waals surface area contributed by atoms with E-state index in [0.717, 1.165) is 0 Å². The number of fused-ring (bicyclic) bond motifs is 1. The Hall–Kier alpha value is -2.00. The molecule has 2 heterocycles. The van der Waals surface area contributed by atoms with Crippen LogP contribution in [0.3, 0.4) is 0 Å². The van der Waals surface area contributed by atoms with E-state index in [0.29, 0.717) is 30.3 Å². The molecule has 0 aliphatic carbocycles. The van der Waals surface area contributed by atoms with Crippen molar-refractivity contribution in [2.75, 3.05) is 51.2 Å². The number of amides is 2. The highest BCUT2D eigenvalue weighted by molar-refractivity contribution is 7.91. The Morgan fingerprint density at radius 3 is 2.56 bits per heavy atom. The summed E-state index contributed by atoms with van der Waals surface area (Å²) < 4.78 is 34.5. The van der Waals surface area contributed by atoms with Gasteiger partial charge in [-0.05, 0) is 19.2 Å². The van der Waals surface area contributed by atoms with Gasteiger partial charge in [-0.15, -0.1) is 0 Å². The smallest absolute Gasteiger partial charge is 0.322 e. The number of anilines is 1. The molecule has 9 heteroatoms. The number of ether oxygens (including phenoxy) is 2. The second-order valence-corrected chi connectivity index (χ2v) is 8.54. The molecule has 1 aromatic rings. The molecule has 138 valence electrons. The summed E-state index contributed by atoms with van der Waals surface area (Å²) in [7, 11) is 1.84. The van der Waals surface area contributed by atoms with E-state index < -0.39 is 9.84 Å². The molecule has 0 radical (unpaired) electrons. The summed E-state index contributed by atoms with van der Waals surface area (Å²) in [6.07, 6.45) is 0. The highest BCUT2D eigenvalue weighted by Gasteiger charge is 2.47. The summed E-state index contributed by atoms with van der Waals surface area (Å²) in [6.45, 7) is 1.13. The van der Waals surface area contributed by atoms with E-state index in [2.05, 4.69) is 5.32 Å². The number of carbonyl (C=O) groups is 1. The van der Waals surface area contributed by atoms with Crippen molar-refractivity contribution in [3.8, 4) is 11.5 Å². The number of nitrogens with one attached hydrogen (secondary N) is 1. The lowest BCUT2D eigenvalue weighted by Crippen LogP contribution is -2.60. The highest BCUT2D eigenvalue weighted by Crippen LogP contribution is 2.31. The van der Waals surface area contributed by atoms with Gasteiger partial charge >= 0.3 is 6.03 Å². The number of benzene rings is 1. The van der Waals surface area contributed by atoms with Gasteiger partial charge in [-0.2, -0.15) is 0 Å². The van der Waals surface area contributed by atoms with Gasteiger partial charge in [-0.1, -0.05) is 0 Å². The van der Waals surface area contributed by atoms with Crippen molar-refractivity contribution in [1.29, 1.82) is 0 Å². The first kappa shape index (κ1) is 17.8. The van der Waals surface area contributed by atoms with Gasteiger partial charge in [-0.3, -0.25) is 4.90 Å². The Morgan fingerprint density at radius 1 is 1.16 bits per heavy atom. The minimum absolute atomic E-state index is 0.00910. The monoisotopic (exact) mass is 369 g/mol. The third kappa shape index (κ3) is 3.52. The van der Waals surface area contributed by atoms with Crippen LogP contribution in [0.15, 0.2) is 18.2 Å². The van der Waals surface area contributed by atoms with E-state index in [-0.39, 0.29) is 29.6 Å². The number of carbonyl (C=O) groups excluding carboxylic acids is 1. The van der Waals surface area contributed by atoms with Crippen LogP contribution in [0.4, 0.5) is 10.5 Å². The normalized spacial score (nSPS) is 25.3. The minimum atomic E-state index is -3.13. The molecule has 3 rings (SSSR count). The van der Waals surface area contributed by atoms with Crippen LogP contribution >= 0.6 is 0 Å². The topological polar surface area (TPSA) is 88.2 Å². The molecule has 0 aromatic heterocycles. The van der Waals surface area contributed by atoms with Gasteiger partial charge in [0.1, 0.15) is 11.5 Å². The van der Waals surface area contributed by atoms with E-state index in [4.69, 9.17) is 9.47 Å². The van der Waals surface area contributed by atoms with Crippen molar-refractivity contribution in [1.82, 2.24) is 9.80 Å². The Kier molecular flexibility index (Phi) is 4.79. The summed E-state index contributed by atoms with van der Waals surface area (Å²) >= 11 is 0. The predicted molar refractivity (Wildman–Crippen MR) is 94.1 cm³/mol. The zero-order valence-electron chi connectivity index (χ0n) is 14.6. The van der Waals surface area contributed by atoms with E-state index in [1.54, 1.807) is 30.2 Å². The number of rotatable bonds is 3. The second kappa shape index (κ2) is 6.72. The predicted octanol–water partition coefficient (Wildman–Crippen LogP) is 0.649. The Bertz CT molecular complexity index is 767. The number of methoxy groups -OCH3 is 2. The maximum Gasteiger partial charge on any atom is 0.322 e. The third-order valence-electron chi connectivity index (χ3n) is 4.86. The molecule has 2 fully saturated rings. The first-order valence-electron chi connectivity index (χ1n) is 8.05. The van der Waals surface area contributed by atoms with Gasteiger partial charge in [0.15, 0.2) is 9.84 Å². The number of hydrogen-bond donors (Lipinski definition) is 1. The standard InChI is InChI=1S/C16H23N3O5S/c1-18-6-7-19(14-10-25(21,22)9-13(14)18)16(20)17-12-5-4-11(23-2)8-15(12)24-3/h4-5,8,13-14H,6-7,9-10H2,1-3H3,(H,17,20)/t13-,14+/m1/s1. The van der Waals surface area contributed by atoms with Crippen molar-refractivity contribution >= 4 is 21.6 Å². The number of hydrogen-bond acceptors (Lipinski definition) is 6. The van der Waals surface area contributed by atoms with Crippen molar-refractivity contribution < 1.29 is 22.7 Å². The highest BCUT2D eigenvalue weighted by atomic mass is 32.2. The van der Waals surface area contributed by atoms with E-state index in [1.165, 1.54) is 7.11 Å². The number of nitrogens with zero attached hydrogens (tertiary/aromatic N) is 2. The minimum Gasteiger partial charge on any atom is -0.497 e. The summed E-state index contributed by atoms with van der Waals surface area (Å²) in [6, 6.07) is 4.32. The van der Waals surface area contributed by atoms with Gasteiger partial charge in [0, 0.05) is 25.2 Å². The van der Waals surface area contributed by atoms with E-state index in [9.17, 15) is 13.2 Å². The molecule has 1 N–H and O–H groups in total. The van der Waals surface area contributed by atoms with Crippen LogP contribution in [0.1, 0.15) is 0 Å². The largest absolute Gasteiger partial charge is 0.497 e. The maximum absolute atomic E-state index is 12.8. The molecule has 1 aromatic carbocycles. The lowest BCUT2D eigenvalue weighted by Gasteiger charge is -2.42. The van der Waals surface area contributed by atoms with Crippen LogP contribution in [0.2, 0.25) is 0 Å². The van der Waals surface area contributed by atoms with Crippen molar-refractivity contribution in [3.63, 3.8) is 0 Å². The summed E-state index contributed by atoms with van der Waals surface area (Å²) in [4.78, 5) is 16.4. The van der Waals surface area contributed by atoms with Gasteiger partial charge in [0.05, 0.1) is 37.5 Å². The average molecular weight is 369 g/mol. The number of urea groups is 1. The van der Waals surface area contributed by atoms with E-state index in [1.807, 2.05) is 11.9 Å². The zero-order valence-corrected chi connectivity index (χ0v) is 15.4. The average Bonchev–Trinajstić information content (AvgIpc) is 2.91. The zero-order chi connectivity index (χ0) is 18.2. The summed E-state index contributed by atoms with van der Waals surface area (Å²) in [5.41, 5.74) is 0.518. The molecule has 2 aliphatic heterocycles. The molecule has 2 atom stereocenters. The number of sulfone groups is 1. The van der Waals surface area contributed by atoms with Crippen LogP contribution in [0.5, 0.6) is 11.5 Å². The Labute approximate surface area is 147 Å². The first-order chi connectivity index (χ1) is 11.8. The van der Waals surface area contributed by atoms with Gasteiger partial charge < -0.3 is 19.7 Å². The third-order valence-corrected chi connectivity index (χ3v) is 6.56. The van der Waals surface area contributed by atoms with E-state index >= 15 is 0 Å². The van der Waals surface area contributed by atoms with Crippen molar-refractivity contribution in [3.05, 3.63) is 18.2 Å². The fourth-order valence-corrected chi connectivity index (χ4v) is 5.52. The van der Waals surface area contributed by atoms with Crippen LogP contribution in [-0.4, -0.2) is 82.2 Å². The molecule has 0 bridgehead atoms. The van der Waals surface area contributed by atoms with Gasteiger partial charge in [0.2, 0.25) is 0 Å². The lowest BCUT2D eigenvalue weighted by atomic mass is 10.1. The molecular formula is C16H23N3O5S. The van der Waals surface area contributed by atoms with Gasteiger partial charge in [-0.25, -0.2) is 13.2 Å². The second-order valence-electron chi connectivity index (χ2n) is 6.38. The molecule has 0 unspecified atom stereocenters. The van der Waals surface area contributed by atoms with Crippen LogP contribution in [0, 0.1) is 0 Å². The van der Waals surface area contributed by atoms with Crippen molar-refractivity contribution in [2.24, 2.45) is 0 Å². The molecule has 2 aliphatic rings. The van der Waals surface area contributed by atoms with Crippen LogP contribution in [-0.2, 0) is 9.84 Å². The van der Waals surface area contributed by atoms with Crippen LogP contribution in [0.25, 0.3) is 0 Å². The first-order valence-corrected chi connectivity index (χ1v) is 9.87. The number of likely N-dealkylation sites (N-methyl/N-ethyl adjacent to an activating group) is 1. The molecule has 0 spiro atoms. The maximum atomic E-state index is 12.8. The Morgan fingerprint density at radius 2 is 1.88 bits per heavy atom. The van der Waals surface area contributed by atoms with Gasteiger partial charge in [0.25, 0.3) is 0 Å². The quantitative estimate of drug-likeness (QED) is 0.842. The molecule has 0 saturated carbocycles. The summed E-state index contributed by atoms with van der Waals surface area (Å²) in [5.74, 6) is 1.22. The Balaban J connectivity index is 1.79. The molecule has 2 amide bonds. The van der Waals surface area contributed by atoms with Crippen LogP contribution < -0.4 is 14.8 Å². The molecule has 2 saturated heterocycles. The molecule has 8 nitrogen and oxygen atoms in total. The molecular weight excluding hydrogens is 346 g/mol. The lowest BCUT2D eigenvalue weighted by molar-refractivity contribution is 0.0892. The fraction of sp³-hybridized carbons (Fsp3) is 0.562. The molecule has 25 heavy (non-hydrogen) atoms. The SMILES string of the molecule is COc1ccc(NC(=O)N2CCN(C)[C@@H]3CS(=O)(=O)C[C@@H]32)c(OC)c1. The number of piperazine rings is 1. The summed E-state index contributed by atoms with van der Waals surface area (Å²) in [5, 5.41) is 2.83.